The highest BCUT2D eigenvalue weighted by Crippen LogP contribution is 2.42. The molecule has 1 saturated carbocycles. The number of carbonyl (C=O) groups excluding carboxylic acids is 2. The van der Waals surface area contributed by atoms with Gasteiger partial charge >= 0.3 is 0 Å². The summed E-state index contributed by atoms with van der Waals surface area (Å²) in [6.07, 6.45) is 8.28. The smallest absolute Gasteiger partial charge is 0.231 e. The fourth-order valence-corrected chi connectivity index (χ4v) is 5.54. The Balaban J connectivity index is 1.57. The quantitative estimate of drug-likeness (QED) is 0.806. The molecule has 2 amide bonds. The summed E-state index contributed by atoms with van der Waals surface area (Å²) in [7, 11) is 0. The molecule has 0 radical (unpaired) electrons. The first-order chi connectivity index (χ1) is 15.6. The van der Waals surface area contributed by atoms with Gasteiger partial charge in [0, 0.05) is 30.9 Å². The van der Waals surface area contributed by atoms with Gasteiger partial charge in [-0.15, -0.1) is 0 Å². The van der Waals surface area contributed by atoms with Gasteiger partial charge < -0.3 is 10.2 Å². The molecule has 2 fully saturated rings. The number of aliphatic imine (C=N–C) groups is 1. The van der Waals surface area contributed by atoms with Crippen molar-refractivity contribution in [1.29, 1.82) is 0 Å². The maximum Gasteiger partial charge on any atom is 0.231 e. The van der Waals surface area contributed by atoms with Gasteiger partial charge in [0.2, 0.25) is 11.8 Å². The Morgan fingerprint density at radius 2 is 1.91 bits per heavy atom. The molecule has 0 spiro atoms. The van der Waals surface area contributed by atoms with Gasteiger partial charge in [-0.25, -0.2) is 9.97 Å². The fraction of sp³-hybridized carbons (Fsp3) is 0.480. The Labute approximate surface area is 188 Å². The molecule has 7 heteroatoms. The summed E-state index contributed by atoms with van der Waals surface area (Å²) in [4.78, 5) is 42.6. The highest BCUT2D eigenvalue weighted by Gasteiger charge is 2.49. The van der Waals surface area contributed by atoms with E-state index in [0.29, 0.717) is 25.2 Å². The number of aromatic nitrogens is 2. The molecule has 3 heterocycles. The average molecular weight is 432 g/mol. The van der Waals surface area contributed by atoms with Gasteiger partial charge in [-0.1, -0.05) is 37.1 Å². The van der Waals surface area contributed by atoms with Crippen LogP contribution in [0.15, 0.2) is 47.7 Å². The SMILES string of the molecule is Cc1ccccc1[C@@H]1C2C(=O)NCC2=N[C@@H]2CCCC[C@H]2N1C(=O)CCc1ncccn1. The van der Waals surface area contributed by atoms with Crippen LogP contribution in [0.4, 0.5) is 0 Å². The maximum atomic E-state index is 13.9. The highest BCUT2D eigenvalue weighted by molar-refractivity contribution is 6.12. The lowest BCUT2D eigenvalue weighted by Crippen LogP contribution is -2.51. The van der Waals surface area contributed by atoms with E-state index in [-0.39, 0.29) is 29.9 Å². The van der Waals surface area contributed by atoms with Crippen LogP contribution in [-0.2, 0) is 16.0 Å². The third-order valence-corrected chi connectivity index (χ3v) is 7.06. The normalized spacial score (nSPS) is 27.1. The number of hydrogen-bond donors (Lipinski definition) is 1. The van der Waals surface area contributed by atoms with Gasteiger partial charge in [0.25, 0.3) is 0 Å². The number of aryl methyl sites for hydroxylation is 2. The van der Waals surface area contributed by atoms with E-state index in [2.05, 4.69) is 34.3 Å². The lowest BCUT2D eigenvalue weighted by Gasteiger charge is -2.43. The van der Waals surface area contributed by atoms with Gasteiger partial charge in [0.05, 0.1) is 24.7 Å². The fourth-order valence-electron chi connectivity index (χ4n) is 5.54. The van der Waals surface area contributed by atoms with Crippen LogP contribution in [0.3, 0.4) is 0 Å². The van der Waals surface area contributed by atoms with Crippen LogP contribution < -0.4 is 5.32 Å². The second kappa shape index (κ2) is 8.81. The van der Waals surface area contributed by atoms with Crippen molar-refractivity contribution in [3.05, 3.63) is 59.7 Å². The molecule has 7 nitrogen and oxygen atoms in total. The van der Waals surface area contributed by atoms with Gasteiger partial charge in [-0.2, -0.15) is 0 Å². The number of rotatable bonds is 4. The largest absolute Gasteiger partial charge is 0.350 e. The Kier molecular flexibility index (Phi) is 5.72. The number of carbonyl (C=O) groups is 2. The lowest BCUT2D eigenvalue weighted by atomic mass is 9.84. The number of fused-ring (bicyclic) bond motifs is 2. The second-order valence-electron chi connectivity index (χ2n) is 9.00. The number of benzene rings is 1. The number of amides is 2. The van der Waals surface area contributed by atoms with Crippen molar-refractivity contribution in [2.45, 2.75) is 63.6 Å². The predicted molar refractivity (Wildman–Crippen MR) is 121 cm³/mol. The van der Waals surface area contributed by atoms with Crippen molar-refractivity contribution >= 4 is 17.5 Å². The summed E-state index contributed by atoms with van der Waals surface area (Å²) in [5.74, 6) is 0.260. The zero-order valence-corrected chi connectivity index (χ0v) is 18.4. The molecule has 4 atom stereocenters. The summed E-state index contributed by atoms with van der Waals surface area (Å²) in [5, 5.41) is 2.99. The Morgan fingerprint density at radius 3 is 2.72 bits per heavy atom. The summed E-state index contributed by atoms with van der Waals surface area (Å²) in [5.41, 5.74) is 3.04. The molecule has 1 saturated heterocycles. The Morgan fingerprint density at radius 1 is 1.12 bits per heavy atom. The molecule has 1 unspecified atom stereocenters. The van der Waals surface area contributed by atoms with E-state index >= 15 is 0 Å². The minimum absolute atomic E-state index is 0.0171. The molecule has 0 bridgehead atoms. The zero-order valence-electron chi connectivity index (χ0n) is 18.4. The first kappa shape index (κ1) is 20.8. The minimum atomic E-state index is -0.432. The standard InChI is InChI=1S/C25H29N5O2/c1-16-7-2-3-8-17(16)24-23-19(15-28-25(23)32)29-18-9-4-5-10-20(18)30(24)22(31)12-11-21-26-13-6-14-27-21/h2-3,6-8,13-14,18,20,23-24H,4-5,9-12,15H2,1H3,(H,28,32)/t18-,20-,23?,24-/m1/s1. The predicted octanol–water partition coefficient (Wildman–Crippen LogP) is 2.80. The molecule has 1 aromatic carbocycles. The van der Waals surface area contributed by atoms with E-state index < -0.39 is 5.92 Å². The van der Waals surface area contributed by atoms with Crippen molar-refractivity contribution in [2.75, 3.05) is 6.54 Å². The number of nitrogens with one attached hydrogen (secondary N) is 1. The average Bonchev–Trinajstić information content (AvgIpc) is 3.09. The van der Waals surface area contributed by atoms with Crippen molar-refractivity contribution in [3.63, 3.8) is 0 Å². The van der Waals surface area contributed by atoms with Gasteiger partial charge in [0.1, 0.15) is 11.7 Å². The first-order valence-corrected chi connectivity index (χ1v) is 11.6. The molecule has 2 aliphatic heterocycles. The molecule has 3 aliphatic rings. The molecule has 32 heavy (non-hydrogen) atoms. The molecule has 1 aliphatic carbocycles. The Bertz CT molecular complexity index is 1040. The Hall–Kier alpha value is -3.09. The van der Waals surface area contributed by atoms with Crippen molar-refractivity contribution < 1.29 is 9.59 Å². The van der Waals surface area contributed by atoms with Crippen molar-refractivity contribution in [2.24, 2.45) is 10.9 Å². The molecule has 1 N–H and O–H groups in total. The third-order valence-electron chi connectivity index (χ3n) is 7.06. The van der Waals surface area contributed by atoms with E-state index in [1.807, 2.05) is 17.0 Å². The maximum absolute atomic E-state index is 13.9. The van der Waals surface area contributed by atoms with E-state index in [4.69, 9.17) is 4.99 Å². The second-order valence-corrected chi connectivity index (χ2v) is 9.00. The van der Waals surface area contributed by atoms with E-state index in [0.717, 1.165) is 42.5 Å². The van der Waals surface area contributed by atoms with Gasteiger partial charge in [-0.05, 0) is 37.0 Å². The monoisotopic (exact) mass is 431 g/mol. The van der Waals surface area contributed by atoms with Crippen LogP contribution in [0.1, 0.15) is 55.1 Å². The minimum Gasteiger partial charge on any atom is -0.350 e. The number of hydrogen-bond acceptors (Lipinski definition) is 5. The first-order valence-electron chi connectivity index (χ1n) is 11.6. The molecule has 166 valence electrons. The lowest BCUT2D eigenvalue weighted by molar-refractivity contribution is -0.139. The van der Waals surface area contributed by atoms with E-state index in [1.54, 1.807) is 18.5 Å². The molecule has 1 aromatic heterocycles. The summed E-state index contributed by atoms with van der Waals surface area (Å²) in [6, 6.07) is 9.63. The van der Waals surface area contributed by atoms with E-state index in [9.17, 15) is 9.59 Å². The molecule has 2 aromatic rings. The highest BCUT2D eigenvalue weighted by atomic mass is 16.2. The summed E-state index contributed by atoms with van der Waals surface area (Å²) in [6.45, 7) is 2.54. The van der Waals surface area contributed by atoms with Crippen LogP contribution in [0, 0.1) is 12.8 Å². The summed E-state index contributed by atoms with van der Waals surface area (Å²) >= 11 is 0. The van der Waals surface area contributed by atoms with Crippen molar-refractivity contribution in [3.8, 4) is 0 Å². The third kappa shape index (κ3) is 3.80. The van der Waals surface area contributed by atoms with E-state index in [1.165, 1.54) is 0 Å². The van der Waals surface area contributed by atoms with Crippen LogP contribution in [0.25, 0.3) is 0 Å². The van der Waals surface area contributed by atoms with Crippen LogP contribution in [-0.4, -0.2) is 51.0 Å². The summed E-state index contributed by atoms with van der Waals surface area (Å²) < 4.78 is 0. The molecular weight excluding hydrogens is 402 g/mol. The molecular formula is C25H29N5O2. The molecule has 5 rings (SSSR count). The van der Waals surface area contributed by atoms with Crippen LogP contribution in [0.5, 0.6) is 0 Å². The van der Waals surface area contributed by atoms with Crippen molar-refractivity contribution in [1.82, 2.24) is 20.2 Å². The topological polar surface area (TPSA) is 87.5 Å². The number of nitrogens with zero attached hydrogens (tertiary/aromatic N) is 4. The van der Waals surface area contributed by atoms with Crippen LogP contribution >= 0.6 is 0 Å². The zero-order chi connectivity index (χ0) is 22.1. The van der Waals surface area contributed by atoms with Gasteiger partial charge in [0.15, 0.2) is 0 Å². The van der Waals surface area contributed by atoms with Gasteiger partial charge in [-0.3, -0.25) is 14.6 Å². The van der Waals surface area contributed by atoms with Crippen LogP contribution in [0.2, 0.25) is 0 Å².